The van der Waals surface area contributed by atoms with Gasteiger partial charge in [0.2, 0.25) is 0 Å². The molecule has 0 saturated heterocycles. The summed E-state index contributed by atoms with van der Waals surface area (Å²) in [4.78, 5) is 16.9. The van der Waals surface area contributed by atoms with Crippen LogP contribution >= 0.6 is 0 Å². The zero-order valence-corrected chi connectivity index (χ0v) is 17.1. The van der Waals surface area contributed by atoms with Crippen molar-refractivity contribution in [3.05, 3.63) is 75.5 Å². The normalized spacial score (nSPS) is 13.9. The van der Waals surface area contributed by atoms with Crippen molar-refractivity contribution in [3.8, 4) is 5.75 Å². The second-order valence-electron chi connectivity index (χ2n) is 7.83. The standard InChI is InChI=1S/C23H25N3O3/c1-23(2,3)21-15-20(25-13-5-12-24-16-25)14-18(22(21)29-4)9-6-17-7-10-19(11-8-17)26(27)28/h5-15H,16H2,1-4H3/b9-6+. The van der Waals surface area contributed by atoms with Gasteiger partial charge in [0.15, 0.2) is 0 Å². The Labute approximate surface area is 171 Å². The van der Waals surface area contributed by atoms with Crippen molar-refractivity contribution in [1.82, 2.24) is 0 Å². The lowest BCUT2D eigenvalue weighted by Crippen LogP contribution is -2.20. The van der Waals surface area contributed by atoms with E-state index in [2.05, 4.69) is 42.8 Å². The van der Waals surface area contributed by atoms with Crippen molar-refractivity contribution in [1.29, 1.82) is 0 Å². The lowest BCUT2D eigenvalue weighted by Gasteiger charge is -2.28. The number of allylic oxidation sites excluding steroid dienone is 1. The Balaban J connectivity index is 2.04. The zero-order valence-electron chi connectivity index (χ0n) is 17.1. The van der Waals surface area contributed by atoms with E-state index in [9.17, 15) is 10.1 Å². The number of aliphatic imine (C=N–C) groups is 1. The van der Waals surface area contributed by atoms with Gasteiger partial charge >= 0.3 is 0 Å². The molecule has 1 heterocycles. The first-order valence-electron chi connectivity index (χ1n) is 9.38. The lowest BCUT2D eigenvalue weighted by atomic mass is 9.84. The number of nitro benzene ring substituents is 1. The Hall–Kier alpha value is -3.41. The monoisotopic (exact) mass is 391 g/mol. The van der Waals surface area contributed by atoms with E-state index in [0.717, 1.165) is 28.1 Å². The molecule has 0 radical (unpaired) electrons. The third-order valence-corrected chi connectivity index (χ3v) is 4.70. The number of rotatable bonds is 5. The SMILES string of the molecule is COc1c(/C=C/c2ccc([N+](=O)[O-])cc2)cc(N2C=CC=NC2)cc1C(C)(C)C. The summed E-state index contributed by atoms with van der Waals surface area (Å²) >= 11 is 0. The molecule has 0 bridgehead atoms. The molecule has 29 heavy (non-hydrogen) atoms. The van der Waals surface area contributed by atoms with Crippen molar-refractivity contribution in [2.24, 2.45) is 4.99 Å². The lowest BCUT2D eigenvalue weighted by molar-refractivity contribution is -0.384. The smallest absolute Gasteiger partial charge is 0.269 e. The van der Waals surface area contributed by atoms with Crippen LogP contribution in [0.25, 0.3) is 12.2 Å². The summed E-state index contributed by atoms with van der Waals surface area (Å²) < 4.78 is 5.78. The highest BCUT2D eigenvalue weighted by Crippen LogP contribution is 2.39. The van der Waals surface area contributed by atoms with Crippen LogP contribution in [0.15, 0.2) is 53.7 Å². The fraction of sp³-hybridized carbons (Fsp3) is 0.261. The van der Waals surface area contributed by atoms with Gasteiger partial charge in [-0.05, 0) is 41.3 Å². The van der Waals surface area contributed by atoms with Gasteiger partial charge in [-0.2, -0.15) is 0 Å². The summed E-state index contributed by atoms with van der Waals surface area (Å²) in [6.07, 6.45) is 9.62. The third-order valence-electron chi connectivity index (χ3n) is 4.70. The Morgan fingerprint density at radius 2 is 1.90 bits per heavy atom. The Kier molecular flexibility index (Phi) is 5.82. The van der Waals surface area contributed by atoms with E-state index in [-0.39, 0.29) is 11.1 Å². The fourth-order valence-corrected chi connectivity index (χ4v) is 3.16. The summed E-state index contributed by atoms with van der Waals surface area (Å²) in [5.41, 5.74) is 3.92. The molecule has 0 spiro atoms. The van der Waals surface area contributed by atoms with Gasteiger partial charge in [0.1, 0.15) is 12.4 Å². The fourth-order valence-electron chi connectivity index (χ4n) is 3.16. The van der Waals surface area contributed by atoms with Gasteiger partial charge in [-0.15, -0.1) is 0 Å². The van der Waals surface area contributed by atoms with Gasteiger partial charge in [-0.3, -0.25) is 15.1 Å². The number of hydrogen-bond donors (Lipinski definition) is 0. The topological polar surface area (TPSA) is 68.0 Å². The molecular formula is C23H25N3O3. The number of non-ortho nitro benzene ring substituents is 1. The van der Waals surface area contributed by atoms with E-state index in [1.165, 1.54) is 12.1 Å². The highest BCUT2D eigenvalue weighted by atomic mass is 16.6. The number of anilines is 1. The molecule has 0 saturated carbocycles. The molecule has 0 amide bonds. The summed E-state index contributed by atoms with van der Waals surface area (Å²) in [6, 6.07) is 10.7. The maximum atomic E-state index is 10.8. The molecule has 0 aromatic heterocycles. The quantitative estimate of drug-likeness (QED) is 0.387. The van der Waals surface area contributed by atoms with Crippen LogP contribution in [0.5, 0.6) is 5.75 Å². The van der Waals surface area contributed by atoms with Crippen molar-refractivity contribution >= 4 is 29.7 Å². The molecular weight excluding hydrogens is 366 g/mol. The third kappa shape index (κ3) is 4.71. The van der Waals surface area contributed by atoms with E-state index in [1.54, 1.807) is 25.5 Å². The van der Waals surface area contributed by atoms with Crippen LogP contribution in [0, 0.1) is 10.1 Å². The van der Waals surface area contributed by atoms with Gasteiger partial charge in [-0.1, -0.05) is 32.9 Å². The molecule has 0 atom stereocenters. The van der Waals surface area contributed by atoms with E-state index >= 15 is 0 Å². The number of hydrogen-bond acceptors (Lipinski definition) is 5. The number of methoxy groups -OCH3 is 1. The summed E-state index contributed by atoms with van der Waals surface area (Å²) in [5.74, 6) is 0.823. The minimum atomic E-state index is -0.399. The first-order chi connectivity index (χ1) is 13.8. The van der Waals surface area contributed by atoms with Gasteiger partial charge in [0.05, 0.1) is 12.0 Å². The average Bonchev–Trinajstić information content (AvgIpc) is 2.71. The number of nitrogens with zero attached hydrogens (tertiary/aromatic N) is 3. The van der Waals surface area contributed by atoms with Crippen LogP contribution in [0.4, 0.5) is 11.4 Å². The van der Waals surface area contributed by atoms with Crippen molar-refractivity contribution < 1.29 is 9.66 Å². The molecule has 2 aromatic rings. The Morgan fingerprint density at radius 3 is 2.45 bits per heavy atom. The molecule has 6 nitrogen and oxygen atoms in total. The van der Waals surface area contributed by atoms with Crippen LogP contribution in [0.1, 0.15) is 37.5 Å². The van der Waals surface area contributed by atoms with Crippen molar-refractivity contribution in [2.75, 3.05) is 18.7 Å². The highest BCUT2D eigenvalue weighted by molar-refractivity contribution is 5.78. The predicted molar refractivity (Wildman–Crippen MR) is 119 cm³/mol. The van der Waals surface area contributed by atoms with Crippen molar-refractivity contribution in [2.45, 2.75) is 26.2 Å². The number of nitro groups is 1. The highest BCUT2D eigenvalue weighted by Gasteiger charge is 2.23. The molecule has 0 aliphatic carbocycles. The minimum Gasteiger partial charge on any atom is -0.496 e. The van der Waals surface area contributed by atoms with Gasteiger partial charge in [0, 0.05) is 41.4 Å². The van der Waals surface area contributed by atoms with Crippen LogP contribution in [0.3, 0.4) is 0 Å². The Bertz CT molecular complexity index is 984. The molecule has 3 rings (SSSR count). The van der Waals surface area contributed by atoms with E-state index < -0.39 is 4.92 Å². The van der Waals surface area contributed by atoms with Crippen LogP contribution in [-0.4, -0.2) is 24.9 Å². The van der Waals surface area contributed by atoms with Crippen LogP contribution in [0.2, 0.25) is 0 Å². The van der Waals surface area contributed by atoms with Crippen LogP contribution < -0.4 is 9.64 Å². The molecule has 6 heteroatoms. The molecule has 2 aromatic carbocycles. The number of ether oxygens (including phenoxy) is 1. The molecule has 0 unspecified atom stereocenters. The van der Waals surface area contributed by atoms with Crippen molar-refractivity contribution in [3.63, 3.8) is 0 Å². The molecule has 1 aliphatic rings. The second-order valence-corrected chi connectivity index (χ2v) is 7.83. The van der Waals surface area contributed by atoms with Gasteiger partial charge in [0.25, 0.3) is 5.69 Å². The molecule has 0 fully saturated rings. The predicted octanol–water partition coefficient (Wildman–Crippen LogP) is 5.43. The zero-order chi connectivity index (χ0) is 21.0. The first-order valence-corrected chi connectivity index (χ1v) is 9.38. The van der Waals surface area contributed by atoms with Crippen LogP contribution in [-0.2, 0) is 5.41 Å². The largest absolute Gasteiger partial charge is 0.496 e. The van der Waals surface area contributed by atoms with E-state index in [0.29, 0.717) is 6.67 Å². The van der Waals surface area contributed by atoms with E-state index in [4.69, 9.17) is 4.74 Å². The Morgan fingerprint density at radius 1 is 1.17 bits per heavy atom. The van der Waals surface area contributed by atoms with Gasteiger partial charge in [-0.25, -0.2) is 0 Å². The molecule has 150 valence electrons. The minimum absolute atomic E-state index is 0.0780. The first kappa shape index (κ1) is 20.3. The van der Waals surface area contributed by atoms with E-state index in [1.807, 2.05) is 24.4 Å². The summed E-state index contributed by atoms with van der Waals surface area (Å²) in [5, 5.41) is 10.8. The summed E-state index contributed by atoms with van der Waals surface area (Å²) in [7, 11) is 1.68. The summed E-state index contributed by atoms with van der Waals surface area (Å²) in [6.45, 7) is 7.03. The number of benzene rings is 2. The molecule has 0 N–H and O–H groups in total. The maximum Gasteiger partial charge on any atom is 0.269 e. The average molecular weight is 391 g/mol. The van der Waals surface area contributed by atoms with Gasteiger partial charge < -0.3 is 9.64 Å². The molecule has 1 aliphatic heterocycles. The maximum absolute atomic E-state index is 10.8. The second kappa shape index (κ2) is 8.31.